The largest absolute Gasteiger partial charge is 0.326 e. The van der Waals surface area contributed by atoms with Crippen molar-refractivity contribution >= 4 is 11.6 Å². The number of halogens is 1. The predicted molar refractivity (Wildman–Crippen MR) is 104 cm³/mol. The second kappa shape index (κ2) is 8.45. The van der Waals surface area contributed by atoms with Gasteiger partial charge in [0.25, 0.3) is 0 Å². The number of likely N-dealkylation sites (tertiary alicyclic amines) is 1. The Morgan fingerprint density at radius 2 is 1.77 bits per heavy atom. The molecule has 2 aromatic rings. The minimum atomic E-state index is -0.203. The van der Waals surface area contributed by atoms with E-state index in [0.717, 1.165) is 43.7 Å². The summed E-state index contributed by atoms with van der Waals surface area (Å²) in [6, 6.07) is 14.7. The molecule has 0 aliphatic carbocycles. The highest BCUT2D eigenvalue weighted by Crippen LogP contribution is 2.26. The van der Waals surface area contributed by atoms with Gasteiger partial charge >= 0.3 is 0 Å². The Morgan fingerprint density at radius 3 is 2.42 bits per heavy atom. The topological polar surface area (TPSA) is 32.3 Å². The van der Waals surface area contributed by atoms with Crippen LogP contribution in [0.4, 0.5) is 10.1 Å². The number of nitrogens with zero attached hydrogens (tertiary/aromatic N) is 1. The summed E-state index contributed by atoms with van der Waals surface area (Å²) in [5, 5.41) is 3.13. The highest BCUT2D eigenvalue weighted by molar-refractivity contribution is 5.93. The fraction of sp³-hybridized carbons (Fsp3) is 0.409. The Balaban J connectivity index is 1.53. The van der Waals surface area contributed by atoms with Crippen molar-refractivity contribution in [1.82, 2.24) is 4.90 Å². The van der Waals surface area contributed by atoms with Gasteiger partial charge in [-0.2, -0.15) is 0 Å². The standard InChI is InChI=1S/C22H27FN2O/c1-16(2)20-5-3-4-6-21(20)24-22(26)18-11-13-25(14-12-18)15-17-7-9-19(23)10-8-17/h3-10,16,18H,11-15H2,1-2H3,(H,24,26). The summed E-state index contributed by atoms with van der Waals surface area (Å²) in [5.74, 6) is 0.356. The molecule has 1 saturated heterocycles. The monoisotopic (exact) mass is 354 g/mol. The number of nitrogens with one attached hydrogen (secondary N) is 1. The smallest absolute Gasteiger partial charge is 0.227 e. The molecule has 3 nitrogen and oxygen atoms in total. The predicted octanol–water partition coefficient (Wildman–Crippen LogP) is 4.80. The maximum Gasteiger partial charge on any atom is 0.227 e. The van der Waals surface area contributed by atoms with Crippen molar-refractivity contribution in [3.8, 4) is 0 Å². The minimum Gasteiger partial charge on any atom is -0.326 e. The van der Waals surface area contributed by atoms with E-state index in [1.807, 2.05) is 30.3 Å². The summed E-state index contributed by atoms with van der Waals surface area (Å²) in [4.78, 5) is 15.0. The molecule has 0 aromatic heterocycles. The molecule has 1 aliphatic heterocycles. The van der Waals surface area contributed by atoms with E-state index in [9.17, 15) is 9.18 Å². The zero-order chi connectivity index (χ0) is 18.5. The Bertz CT molecular complexity index is 734. The SMILES string of the molecule is CC(C)c1ccccc1NC(=O)C1CCN(Cc2ccc(F)cc2)CC1. The molecule has 0 saturated carbocycles. The summed E-state index contributed by atoms with van der Waals surface area (Å²) in [6.07, 6.45) is 1.72. The third-order valence-corrected chi connectivity index (χ3v) is 5.12. The number of amides is 1. The Morgan fingerprint density at radius 1 is 1.12 bits per heavy atom. The molecule has 26 heavy (non-hydrogen) atoms. The van der Waals surface area contributed by atoms with Crippen LogP contribution in [-0.4, -0.2) is 23.9 Å². The molecule has 1 aliphatic rings. The molecule has 1 heterocycles. The number of anilines is 1. The number of carbonyl (C=O) groups is 1. The molecule has 0 unspecified atom stereocenters. The lowest BCUT2D eigenvalue weighted by molar-refractivity contribution is -0.121. The number of para-hydroxylation sites is 1. The van der Waals surface area contributed by atoms with E-state index in [1.165, 1.54) is 17.7 Å². The van der Waals surface area contributed by atoms with Gasteiger partial charge in [0.05, 0.1) is 0 Å². The zero-order valence-electron chi connectivity index (χ0n) is 15.5. The lowest BCUT2D eigenvalue weighted by Crippen LogP contribution is -2.37. The molecule has 0 atom stereocenters. The van der Waals surface area contributed by atoms with Gasteiger partial charge < -0.3 is 5.32 Å². The molecule has 0 bridgehead atoms. The van der Waals surface area contributed by atoms with E-state index in [1.54, 1.807) is 0 Å². The van der Waals surface area contributed by atoms with Crippen molar-refractivity contribution in [2.75, 3.05) is 18.4 Å². The van der Waals surface area contributed by atoms with Gasteiger partial charge in [0.1, 0.15) is 5.82 Å². The lowest BCUT2D eigenvalue weighted by atomic mass is 9.94. The van der Waals surface area contributed by atoms with E-state index >= 15 is 0 Å². The van der Waals surface area contributed by atoms with Crippen LogP contribution in [0.25, 0.3) is 0 Å². The number of piperidine rings is 1. The summed E-state index contributed by atoms with van der Waals surface area (Å²) >= 11 is 0. The lowest BCUT2D eigenvalue weighted by Gasteiger charge is -2.31. The molecule has 138 valence electrons. The van der Waals surface area contributed by atoms with Crippen LogP contribution in [-0.2, 0) is 11.3 Å². The minimum absolute atomic E-state index is 0.0553. The van der Waals surface area contributed by atoms with Crippen LogP contribution in [0.3, 0.4) is 0 Å². The summed E-state index contributed by atoms with van der Waals surface area (Å²) in [5.41, 5.74) is 3.22. The van der Waals surface area contributed by atoms with Crippen LogP contribution >= 0.6 is 0 Å². The number of benzene rings is 2. The van der Waals surface area contributed by atoms with Gasteiger partial charge in [0.15, 0.2) is 0 Å². The first-order chi connectivity index (χ1) is 12.5. The van der Waals surface area contributed by atoms with Gasteiger partial charge in [-0.1, -0.05) is 44.2 Å². The second-order valence-electron chi connectivity index (χ2n) is 7.41. The maximum atomic E-state index is 13.0. The molecule has 1 N–H and O–H groups in total. The van der Waals surface area contributed by atoms with E-state index < -0.39 is 0 Å². The molecule has 1 fully saturated rings. The van der Waals surface area contributed by atoms with Gasteiger partial charge in [-0.05, 0) is 61.2 Å². The molecule has 4 heteroatoms. The second-order valence-corrected chi connectivity index (χ2v) is 7.41. The van der Waals surface area contributed by atoms with Crippen molar-refractivity contribution < 1.29 is 9.18 Å². The van der Waals surface area contributed by atoms with Crippen LogP contribution in [0.2, 0.25) is 0 Å². The fourth-order valence-electron chi connectivity index (χ4n) is 3.55. The first-order valence-electron chi connectivity index (χ1n) is 9.39. The summed E-state index contributed by atoms with van der Waals surface area (Å²) in [6.45, 7) is 6.87. The Labute approximate surface area is 155 Å². The third-order valence-electron chi connectivity index (χ3n) is 5.12. The normalized spacial score (nSPS) is 16.0. The van der Waals surface area contributed by atoms with Crippen molar-refractivity contribution in [1.29, 1.82) is 0 Å². The highest BCUT2D eigenvalue weighted by atomic mass is 19.1. The van der Waals surface area contributed by atoms with E-state index in [0.29, 0.717) is 5.92 Å². The van der Waals surface area contributed by atoms with Crippen molar-refractivity contribution in [2.24, 2.45) is 5.92 Å². The maximum absolute atomic E-state index is 13.0. The molecule has 0 radical (unpaired) electrons. The Kier molecular flexibility index (Phi) is 6.04. The van der Waals surface area contributed by atoms with E-state index in [2.05, 4.69) is 30.1 Å². The average Bonchev–Trinajstić information content (AvgIpc) is 2.64. The van der Waals surface area contributed by atoms with Gasteiger partial charge in [-0.3, -0.25) is 9.69 Å². The van der Waals surface area contributed by atoms with Crippen LogP contribution in [0.15, 0.2) is 48.5 Å². The van der Waals surface area contributed by atoms with Gasteiger partial charge in [0, 0.05) is 18.2 Å². The van der Waals surface area contributed by atoms with Gasteiger partial charge in [-0.25, -0.2) is 4.39 Å². The summed E-state index contributed by atoms with van der Waals surface area (Å²) < 4.78 is 13.0. The van der Waals surface area contributed by atoms with Crippen LogP contribution in [0.5, 0.6) is 0 Å². The average molecular weight is 354 g/mol. The molecule has 3 rings (SSSR count). The van der Waals surface area contributed by atoms with Crippen LogP contribution in [0.1, 0.15) is 43.7 Å². The van der Waals surface area contributed by atoms with E-state index in [4.69, 9.17) is 0 Å². The third kappa shape index (κ3) is 4.70. The van der Waals surface area contributed by atoms with Gasteiger partial charge in [-0.15, -0.1) is 0 Å². The first-order valence-corrected chi connectivity index (χ1v) is 9.39. The number of carbonyl (C=O) groups excluding carboxylic acids is 1. The first kappa shape index (κ1) is 18.6. The summed E-state index contributed by atoms with van der Waals surface area (Å²) in [7, 11) is 0. The fourth-order valence-corrected chi connectivity index (χ4v) is 3.55. The van der Waals surface area contributed by atoms with Crippen molar-refractivity contribution in [3.05, 3.63) is 65.5 Å². The van der Waals surface area contributed by atoms with Crippen LogP contribution in [0, 0.1) is 11.7 Å². The molecule has 1 amide bonds. The zero-order valence-corrected chi connectivity index (χ0v) is 15.5. The quantitative estimate of drug-likeness (QED) is 0.836. The molecular weight excluding hydrogens is 327 g/mol. The van der Waals surface area contributed by atoms with Gasteiger partial charge in [0.2, 0.25) is 5.91 Å². The molecular formula is C22H27FN2O. The Hall–Kier alpha value is -2.20. The van der Waals surface area contributed by atoms with Crippen molar-refractivity contribution in [2.45, 2.75) is 39.2 Å². The number of hydrogen-bond acceptors (Lipinski definition) is 2. The van der Waals surface area contributed by atoms with Crippen LogP contribution < -0.4 is 5.32 Å². The number of rotatable bonds is 5. The van der Waals surface area contributed by atoms with Crippen molar-refractivity contribution in [3.63, 3.8) is 0 Å². The number of hydrogen-bond donors (Lipinski definition) is 1. The molecule has 0 spiro atoms. The van der Waals surface area contributed by atoms with E-state index in [-0.39, 0.29) is 17.6 Å². The highest BCUT2D eigenvalue weighted by Gasteiger charge is 2.25. The molecule has 2 aromatic carbocycles.